The van der Waals surface area contributed by atoms with Gasteiger partial charge in [-0.1, -0.05) is 18.9 Å². The number of aromatic nitrogens is 2. The average Bonchev–Trinajstić information content (AvgIpc) is 3.15. The summed E-state index contributed by atoms with van der Waals surface area (Å²) >= 11 is 0. The standard InChI is InChI=1S/C25H32N4O2/c30-23(28-9-1-2-10-28)12-19-15-29-21(6-3-7-22(29)27-19)24(31)26-16-25-8-4-5-17(13-25)20-11-18(20)14-25/h3,6-7,15,17-18,20H,1-2,4-5,8-14,16H2,(H,26,31). The van der Waals surface area contributed by atoms with Crippen molar-refractivity contribution in [2.24, 2.45) is 23.2 Å². The van der Waals surface area contributed by atoms with Gasteiger partial charge in [0.2, 0.25) is 5.91 Å². The third-order valence-corrected chi connectivity index (χ3v) is 8.44. The lowest BCUT2D eigenvalue weighted by molar-refractivity contribution is -0.129. The molecule has 3 saturated carbocycles. The Morgan fingerprint density at radius 1 is 1.13 bits per heavy atom. The number of hydrogen-bond acceptors (Lipinski definition) is 3. The number of rotatable bonds is 5. The summed E-state index contributed by atoms with van der Waals surface area (Å²) in [4.78, 5) is 32.2. The van der Waals surface area contributed by atoms with E-state index >= 15 is 0 Å². The van der Waals surface area contributed by atoms with E-state index in [1.807, 2.05) is 33.7 Å². The maximum absolute atomic E-state index is 13.2. The molecule has 1 aliphatic heterocycles. The summed E-state index contributed by atoms with van der Waals surface area (Å²) in [6.07, 6.45) is 12.3. The van der Waals surface area contributed by atoms with Crippen molar-refractivity contribution in [2.45, 2.75) is 57.8 Å². The number of nitrogens with zero attached hydrogens (tertiary/aromatic N) is 3. The van der Waals surface area contributed by atoms with E-state index in [-0.39, 0.29) is 11.8 Å². The summed E-state index contributed by atoms with van der Waals surface area (Å²) in [5.41, 5.74) is 2.38. The molecule has 0 spiro atoms. The molecule has 4 unspecified atom stereocenters. The van der Waals surface area contributed by atoms with Crippen molar-refractivity contribution in [3.8, 4) is 0 Å². The molecule has 1 N–H and O–H groups in total. The molecule has 6 heteroatoms. The van der Waals surface area contributed by atoms with Gasteiger partial charge in [0.15, 0.2) is 0 Å². The molecule has 6 rings (SSSR count). The van der Waals surface area contributed by atoms with Crippen LogP contribution in [0.5, 0.6) is 0 Å². The summed E-state index contributed by atoms with van der Waals surface area (Å²) < 4.78 is 1.85. The van der Waals surface area contributed by atoms with Gasteiger partial charge in [0.1, 0.15) is 11.3 Å². The molecule has 2 aromatic rings. The summed E-state index contributed by atoms with van der Waals surface area (Å²) in [7, 11) is 0. The second-order valence-corrected chi connectivity index (χ2v) is 10.5. The van der Waals surface area contributed by atoms with E-state index in [0.717, 1.165) is 61.6 Å². The first-order chi connectivity index (χ1) is 15.1. The molecular weight excluding hydrogens is 388 g/mol. The number of likely N-dealkylation sites (tertiary alicyclic amines) is 1. The highest BCUT2D eigenvalue weighted by atomic mass is 16.2. The number of pyridine rings is 1. The zero-order valence-corrected chi connectivity index (χ0v) is 18.2. The number of amides is 2. The van der Waals surface area contributed by atoms with Gasteiger partial charge < -0.3 is 10.2 Å². The van der Waals surface area contributed by atoms with Gasteiger partial charge in [-0.25, -0.2) is 4.98 Å². The Labute approximate surface area is 183 Å². The molecule has 4 atom stereocenters. The molecule has 3 aliphatic carbocycles. The Bertz CT molecular complexity index is 1020. The van der Waals surface area contributed by atoms with Crippen molar-refractivity contribution in [3.05, 3.63) is 35.8 Å². The fourth-order valence-corrected chi connectivity index (χ4v) is 6.85. The van der Waals surface area contributed by atoms with Crippen LogP contribution in [0.2, 0.25) is 0 Å². The predicted octanol–water partition coefficient (Wildman–Crippen LogP) is 3.45. The minimum Gasteiger partial charge on any atom is -0.350 e. The maximum atomic E-state index is 13.2. The molecule has 1 saturated heterocycles. The summed E-state index contributed by atoms with van der Waals surface area (Å²) in [6.45, 7) is 2.49. The maximum Gasteiger partial charge on any atom is 0.268 e. The van der Waals surface area contributed by atoms with Gasteiger partial charge in [0.05, 0.1) is 12.1 Å². The van der Waals surface area contributed by atoms with E-state index in [0.29, 0.717) is 17.5 Å². The lowest BCUT2D eigenvalue weighted by atomic mass is 9.62. The van der Waals surface area contributed by atoms with Crippen molar-refractivity contribution >= 4 is 17.5 Å². The van der Waals surface area contributed by atoms with Crippen molar-refractivity contribution in [1.82, 2.24) is 19.6 Å². The van der Waals surface area contributed by atoms with Crippen LogP contribution in [0, 0.1) is 23.2 Å². The van der Waals surface area contributed by atoms with E-state index < -0.39 is 0 Å². The second kappa shape index (κ2) is 7.35. The molecule has 6 nitrogen and oxygen atoms in total. The number of carbonyl (C=O) groups excluding carboxylic acids is 2. The second-order valence-electron chi connectivity index (χ2n) is 10.5. The lowest BCUT2D eigenvalue weighted by Crippen LogP contribution is -2.44. The minimum absolute atomic E-state index is 0.0326. The number of hydrogen-bond donors (Lipinski definition) is 1. The molecule has 164 valence electrons. The zero-order valence-electron chi connectivity index (χ0n) is 18.2. The van der Waals surface area contributed by atoms with Crippen LogP contribution in [0.1, 0.15) is 67.5 Å². The smallest absolute Gasteiger partial charge is 0.268 e. The molecule has 2 aromatic heterocycles. The molecule has 4 fully saturated rings. The molecule has 0 radical (unpaired) electrons. The topological polar surface area (TPSA) is 66.7 Å². The molecule has 2 amide bonds. The average molecular weight is 421 g/mol. The zero-order chi connectivity index (χ0) is 21.0. The van der Waals surface area contributed by atoms with Crippen molar-refractivity contribution < 1.29 is 9.59 Å². The highest BCUT2D eigenvalue weighted by molar-refractivity contribution is 5.93. The first kappa shape index (κ1) is 19.3. The van der Waals surface area contributed by atoms with E-state index in [9.17, 15) is 9.59 Å². The molecule has 3 heterocycles. The first-order valence-electron chi connectivity index (χ1n) is 12.1. The first-order valence-corrected chi connectivity index (χ1v) is 12.1. The Hall–Kier alpha value is -2.37. The quantitative estimate of drug-likeness (QED) is 0.806. The van der Waals surface area contributed by atoms with Crippen LogP contribution >= 0.6 is 0 Å². The summed E-state index contributed by atoms with van der Waals surface area (Å²) in [5.74, 6) is 2.91. The fraction of sp³-hybridized carbons (Fsp3) is 0.640. The Kier molecular flexibility index (Phi) is 4.58. The molecular formula is C25H32N4O2. The van der Waals surface area contributed by atoms with Gasteiger partial charge in [-0.3, -0.25) is 14.0 Å². The van der Waals surface area contributed by atoms with Crippen molar-refractivity contribution in [3.63, 3.8) is 0 Å². The minimum atomic E-state index is -0.0326. The van der Waals surface area contributed by atoms with E-state index in [2.05, 4.69) is 10.3 Å². The summed E-state index contributed by atoms with van der Waals surface area (Å²) in [5, 5.41) is 3.28. The molecule has 31 heavy (non-hydrogen) atoms. The Morgan fingerprint density at radius 2 is 1.97 bits per heavy atom. The largest absolute Gasteiger partial charge is 0.350 e. The third-order valence-electron chi connectivity index (χ3n) is 8.44. The van der Waals surface area contributed by atoms with Crippen LogP contribution in [-0.2, 0) is 11.2 Å². The van der Waals surface area contributed by atoms with Crippen LogP contribution in [0.4, 0.5) is 0 Å². The SMILES string of the molecule is O=C(NCC12CCCC(C1)C1CC1C2)c1cccc2nc(CC(=O)N3CCCC3)cn12. The molecule has 4 aliphatic rings. The lowest BCUT2D eigenvalue weighted by Gasteiger charge is -2.45. The number of imidazole rings is 1. The van der Waals surface area contributed by atoms with Gasteiger partial charge in [-0.2, -0.15) is 0 Å². The Balaban J connectivity index is 1.17. The monoisotopic (exact) mass is 420 g/mol. The number of fused-ring (bicyclic) bond motifs is 5. The van der Waals surface area contributed by atoms with Gasteiger partial charge in [0, 0.05) is 25.8 Å². The van der Waals surface area contributed by atoms with Gasteiger partial charge >= 0.3 is 0 Å². The highest BCUT2D eigenvalue weighted by Gasteiger charge is 2.55. The van der Waals surface area contributed by atoms with Crippen LogP contribution < -0.4 is 5.32 Å². The van der Waals surface area contributed by atoms with Crippen molar-refractivity contribution in [1.29, 1.82) is 0 Å². The van der Waals surface area contributed by atoms with Gasteiger partial charge in [-0.05, 0) is 73.8 Å². The van der Waals surface area contributed by atoms with Crippen LogP contribution in [-0.4, -0.2) is 45.7 Å². The number of nitrogens with one attached hydrogen (secondary N) is 1. The van der Waals surface area contributed by atoms with Crippen molar-refractivity contribution in [2.75, 3.05) is 19.6 Å². The van der Waals surface area contributed by atoms with E-state index in [4.69, 9.17) is 0 Å². The summed E-state index contributed by atoms with van der Waals surface area (Å²) in [6, 6.07) is 5.64. The molecule has 2 bridgehead atoms. The Morgan fingerprint density at radius 3 is 2.84 bits per heavy atom. The number of carbonyl (C=O) groups is 2. The highest BCUT2D eigenvalue weighted by Crippen LogP contribution is 2.63. The van der Waals surface area contributed by atoms with Crippen LogP contribution in [0.15, 0.2) is 24.4 Å². The van der Waals surface area contributed by atoms with Gasteiger partial charge in [0.25, 0.3) is 5.91 Å². The normalized spacial score (nSPS) is 31.5. The van der Waals surface area contributed by atoms with E-state index in [1.165, 1.54) is 38.5 Å². The van der Waals surface area contributed by atoms with Gasteiger partial charge in [-0.15, -0.1) is 0 Å². The van der Waals surface area contributed by atoms with Crippen LogP contribution in [0.25, 0.3) is 5.65 Å². The predicted molar refractivity (Wildman–Crippen MR) is 118 cm³/mol. The molecule has 0 aromatic carbocycles. The third kappa shape index (κ3) is 3.54. The fourth-order valence-electron chi connectivity index (χ4n) is 6.85. The van der Waals surface area contributed by atoms with Crippen LogP contribution in [0.3, 0.4) is 0 Å². The van der Waals surface area contributed by atoms with E-state index in [1.54, 1.807) is 0 Å².